The average molecular weight is 418 g/mol. The number of rotatable bonds is 20. The van der Waals surface area contributed by atoms with Crippen LogP contribution in [0, 0.1) is 0 Å². The molecule has 0 aliphatic rings. The Morgan fingerprint density at radius 2 is 1.13 bits per heavy atom. The first-order valence-corrected chi connectivity index (χ1v) is 12.3. The highest BCUT2D eigenvalue weighted by molar-refractivity contribution is 5.64. The molecule has 0 fully saturated rings. The number of unbranched alkanes of at least 4 members (excludes halogenated alkanes) is 10. The molecule has 0 saturated carbocycles. The van der Waals surface area contributed by atoms with Gasteiger partial charge in [-0.25, -0.2) is 4.79 Å². The van der Waals surface area contributed by atoms with Crippen molar-refractivity contribution in [2.45, 2.75) is 116 Å². The average Bonchev–Trinajstić information content (AvgIpc) is 2.72. The molecule has 0 aromatic heterocycles. The molecule has 3 nitrogen and oxygen atoms in total. The van der Waals surface area contributed by atoms with Gasteiger partial charge in [-0.3, -0.25) is 0 Å². The van der Waals surface area contributed by atoms with E-state index in [1.165, 1.54) is 64.2 Å². The van der Waals surface area contributed by atoms with Crippen LogP contribution in [0.15, 0.2) is 48.6 Å². The van der Waals surface area contributed by atoms with Crippen molar-refractivity contribution in [2.75, 3.05) is 0 Å². The van der Waals surface area contributed by atoms with Crippen LogP contribution in [-0.4, -0.2) is 17.2 Å². The molecule has 0 radical (unpaired) electrons. The quantitative estimate of drug-likeness (QED) is 0.154. The van der Waals surface area contributed by atoms with E-state index in [1.54, 1.807) is 0 Å². The lowest BCUT2D eigenvalue weighted by molar-refractivity contribution is 0.187. The van der Waals surface area contributed by atoms with Crippen LogP contribution in [0.3, 0.4) is 0 Å². The largest absolute Gasteiger partial charge is 0.465 e. The van der Waals surface area contributed by atoms with E-state index in [1.807, 2.05) is 12.2 Å². The van der Waals surface area contributed by atoms with Crippen molar-refractivity contribution in [2.24, 2.45) is 0 Å². The second kappa shape index (κ2) is 23.5. The van der Waals surface area contributed by atoms with Gasteiger partial charge in [0.2, 0.25) is 0 Å². The van der Waals surface area contributed by atoms with Crippen molar-refractivity contribution < 1.29 is 9.90 Å². The highest BCUT2D eigenvalue weighted by atomic mass is 16.4. The maximum absolute atomic E-state index is 11.0. The second-order valence-electron chi connectivity index (χ2n) is 8.11. The highest BCUT2D eigenvalue weighted by Gasteiger charge is 2.10. The third-order valence-corrected chi connectivity index (χ3v) is 5.21. The SMILES string of the molecule is CCCCC/C=C/C=C/C=C/C=C/CCCC(CCCCCCCCC)NC(=O)O. The van der Waals surface area contributed by atoms with Crippen LogP contribution in [0.4, 0.5) is 4.79 Å². The Hall–Kier alpha value is -1.77. The van der Waals surface area contributed by atoms with E-state index in [0.717, 1.165) is 32.1 Å². The summed E-state index contributed by atoms with van der Waals surface area (Å²) in [5.74, 6) is 0. The minimum atomic E-state index is -0.896. The molecule has 0 aromatic carbocycles. The molecule has 0 aliphatic heterocycles. The molecule has 30 heavy (non-hydrogen) atoms. The number of hydrogen-bond acceptors (Lipinski definition) is 1. The molecule has 2 N–H and O–H groups in total. The summed E-state index contributed by atoms with van der Waals surface area (Å²) in [6, 6.07) is 0.0918. The Bertz CT molecular complexity index is 491. The summed E-state index contributed by atoms with van der Waals surface area (Å²) in [6.45, 7) is 4.46. The third kappa shape index (κ3) is 22.5. The van der Waals surface area contributed by atoms with Gasteiger partial charge in [0, 0.05) is 6.04 Å². The monoisotopic (exact) mass is 417 g/mol. The van der Waals surface area contributed by atoms with Gasteiger partial charge in [0.05, 0.1) is 0 Å². The van der Waals surface area contributed by atoms with Crippen LogP contribution in [0.5, 0.6) is 0 Å². The smallest absolute Gasteiger partial charge is 0.404 e. The normalized spacial score (nSPS) is 13.3. The minimum absolute atomic E-state index is 0.0918. The standard InChI is InChI=1S/C27H47NO2/c1-3-5-7-9-11-12-13-14-15-16-17-19-21-23-25-26(28-27(29)30)24-22-20-18-10-8-6-4-2/h11-17,19,26,28H,3-10,18,20-25H2,1-2H3,(H,29,30)/b12-11+,14-13+,16-15+,19-17+. The first kappa shape index (κ1) is 28.2. The summed E-state index contributed by atoms with van der Waals surface area (Å²) in [6.07, 6.45) is 33.7. The number of amides is 1. The van der Waals surface area contributed by atoms with Gasteiger partial charge in [-0.2, -0.15) is 0 Å². The molecule has 0 rings (SSSR count). The maximum atomic E-state index is 11.0. The summed E-state index contributed by atoms with van der Waals surface area (Å²) in [4.78, 5) is 11.0. The Kier molecular flexibility index (Phi) is 22.1. The molecule has 1 atom stereocenters. The van der Waals surface area contributed by atoms with Crippen LogP contribution in [0.25, 0.3) is 0 Å². The molecule has 0 aromatic rings. The van der Waals surface area contributed by atoms with Crippen molar-refractivity contribution in [3.8, 4) is 0 Å². The van der Waals surface area contributed by atoms with Gasteiger partial charge < -0.3 is 10.4 Å². The molecule has 0 saturated heterocycles. The number of carboxylic acid groups (broad SMARTS) is 1. The lowest BCUT2D eigenvalue weighted by atomic mass is 10.0. The van der Waals surface area contributed by atoms with Gasteiger partial charge >= 0.3 is 6.09 Å². The summed E-state index contributed by atoms with van der Waals surface area (Å²) in [7, 11) is 0. The Morgan fingerprint density at radius 3 is 1.73 bits per heavy atom. The van der Waals surface area contributed by atoms with Gasteiger partial charge in [0.25, 0.3) is 0 Å². The Balaban J connectivity index is 3.86. The van der Waals surface area contributed by atoms with Crippen molar-refractivity contribution in [3.63, 3.8) is 0 Å². The fourth-order valence-corrected chi connectivity index (χ4v) is 3.41. The van der Waals surface area contributed by atoms with Crippen molar-refractivity contribution >= 4 is 6.09 Å². The molecule has 1 unspecified atom stereocenters. The highest BCUT2D eigenvalue weighted by Crippen LogP contribution is 2.13. The molecule has 0 bridgehead atoms. The minimum Gasteiger partial charge on any atom is -0.465 e. The lowest BCUT2D eigenvalue weighted by Gasteiger charge is -2.16. The molecular formula is C27H47NO2. The predicted molar refractivity (Wildman–Crippen MR) is 132 cm³/mol. The molecule has 3 heteroatoms. The summed E-state index contributed by atoms with van der Waals surface area (Å²) in [5.41, 5.74) is 0. The topological polar surface area (TPSA) is 49.3 Å². The van der Waals surface area contributed by atoms with E-state index in [9.17, 15) is 4.79 Å². The molecule has 0 heterocycles. The fourth-order valence-electron chi connectivity index (χ4n) is 3.41. The van der Waals surface area contributed by atoms with Gasteiger partial charge in [-0.15, -0.1) is 0 Å². The zero-order chi connectivity index (χ0) is 22.1. The van der Waals surface area contributed by atoms with E-state index in [2.05, 4.69) is 55.6 Å². The van der Waals surface area contributed by atoms with Crippen LogP contribution < -0.4 is 5.32 Å². The number of nitrogens with one attached hydrogen (secondary N) is 1. The van der Waals surface area contributed by atoms with Crippen LogP contribution in [0.2, 0.25) is 0 Å². The second-order valence-corrected chi connectivity index (χ2v) is 8.11. The zero-order valence-electron chi connectivity index (χ0n) is 19.7. The predicted octanol–water partition coefficient (Wildman–Crippen LogP) is 8.74. The number of carbonyl (C=O) groups is 1. The van der Waals surface area contributed by atoms with Crippen molar-refractivity contribution in [1.82, 2.24) is 5.32 Å². The molecule has 1 amide bonds. The third-order valence-electron chi connectivity index (χ3n) is 5.21. The first-order valence-electron chi connectivity index (χ1n) is 12.3. The summed E-state index contributed by atoms with van der Waals surface area (Å²) in [5, 5.41) is 11.8. The number of hydrogen-bond donors (Lipinski definition) is 2. The first-order chi connectivity index (χ1) is 14.7. The molecule has 172 valence electrons. The summed E-state index contributed by atoms with van der Waals surface area (Å²) >= 11 is 0. The molecule has 0 aliphatic carbocycles. The van der Waals surface area contributed by atoms with E-state index in [-0.39, 0.29) is 6.04 Å². The van der Waals surface area contributed by atoms with Crippen LogP contribution in [-0.2, 0) is 0 Å². The molecular weight excluding hydrogens is 370 g/mol. The van der Waals surface area contributed by atoms with Crippen LogP contribution >= 0.6 is 0 Å². The lowest BCUT2D eigenvalue weighted by Crippen LogP contribution is -2.33. The van der Waals surface area contributed by atoms with E-state index >= 15 is 0 Å². The Labute approximate surface area is 186 Å². The Morgan fingerprint density at radius 1 is 0.667 bits per heavy atom. The maximum Gasteiger partial charge on any atom is 0.404 e. The van der Waals surface area contributed by atoms with Gasteiger partial charge in [0.15, 0.2) is 0 Å². The van der Waals surface area contributed by atoms with Gasteiger partial charge in [-0.05, 0) is 38.5 Å². The van der Waals surface area contributed by atoms with Crippen LogP contribution in [0.1, 0.15) is 110 Å². The van der Waals surface area contributed by atoms with E-state index < -0.39 is 6.09 Å². The summed E-state index contributed by atoms with van der Waals surface area (Å²) < 4.78 is 0. The van der Waals surface area contributed by atoms with Crippen molar-refractivity contribution in [1.29, 1.82) is 0 Å². The zero-order valence-corrected chi connectivity index (χ0v) is 19.7. The van der Waals surface area contributed by atoms with E-state index in [4.69, 9.17) is 5.11 Å². The van der Waals surface area contributed by atoms with Crippen molar-refractivity contribution in [3.05, 3.63) is 48.6 Å². The van der Waals surface area contributed by atoms with E-state index in [0.29, 0.717) is 0 Å². The molecule has 0 spiro atoms. The van der Waals surface area contributed by atoms with Gasteiger partial charge in [0.1, 0.15) is 0 Å². The van der Waals surface area contributed by atoms with Gasteiger partial charge in [-0.1, -0.05) is 120 Å². The fraction of sp³-hybridized carbons (Fsp3) is 0.667. The number of allylic oxidation sites excluding steroid dienone is 8.